The summed E-state index contributed by atoms with van der Waals surface area (Å²) in [5.41, 5.74) is 4.99. The molecule has 0 aliphatic heterocycles. The average Bonchev–Trinajstić information content (AvgIpc) is 2.67. The highest BCUT2D eigenvalue weighted by molar-refractivity contribution is 6.31. The maximum absolute atomic E-state index is 13.2. The van der Waals surface area contributed by atoms with E-state index >= 15 is 0 Å². The molecule has 0 saturated carbocycles. The number of nitrogens with two attached hydrogens (primary N) is 1. The van der Waals surface area contributed by atoms with Crippen LogP contribution in [0.5, 0.6) is 0 Å². The number of nitrogens with zero attached hydrogens (tertiary/aromatic N) is 2. The Morgan fingerprint density at radius 2 is 2.00 bits per heavy atom. The van der Waals surface area contributed by atoms with Crippen LogP contribution in [0.4, 0.5) is 17.6 Å². The van der Waals surface area contributed by atoms with Gasteiger partial charge in [-0.3, -0.25) is 4.68 Å². The van der Waals surface area contributed by atoms with E-state index in [0.29, 0.717) is 11.8 Å². The molecule has 0 aliphatic carbocycles. The van der Waals surface area contributed by atoms with Gasteiger partial charge in [0.15, 0.2) is 0 Å². The zero-order valence-electron chi connectivity index (χ0n) is 10.2. The van der Waals surface area contributed by atoms with Gasteiger partial charge in [0.25, 0.3) is 0 Å². The second-order valence-electron chi connectivity index (χ2n) is 4.22. The predicted molar refractivity (Wildman–Crippen MR) is 65.7 cm³/mol. The lowest BCUT2D eigenvalue weighted by atomic mass is 10.0. The third-order valence-electron chi connectivity index (χ3n) is 2.89. The van der Waals surface area contributed by atoms with Crippen molar-refractivity contribution in [2.75, 3.05) is 0 Å². The Labute approximate surface area is 116 Å². The summed E-state index contributed by atoms with van der Waals surface area (Å²) in [6.45, 7) is 0. The van der Waals surface area contributed by atoms with Gasteiger partial charge < -0.3 is 5.73 Å². The summed E-state index contributed by atoms with van der Waals surface area (Å²) in [5.74, 6) is -1.34. The highest BCUT2D eigenvalue weighted by Crippen LogP contribution is 2.34. The van der Waals surface area contributed by atoms with E-state index in [-0.39, 0.29) is 10.6 Å². The minimum atomic E-state index is -4.78. The summed E-state index contributed by atoms with van der Waals surface area (Å²) in [7, 11) is 1.56. The van der Waals surface area contributed by atoms with E-state index in [9.17, 15) is 17.6 Å². The maximum atomic E-state index is 13.2. The molecule has 0 aliphatic rings. The molecular formula is C12H10ClF4N3. The Morgan fingerprint density at radius 1 is 1.35 bits per heavy atom. The molecule has 2 rings (SSSR count). The summed E-state index contributed by atoms with van der Waals surface area (Å²) < 4.78 is 52.6. The van der Waals surface area contributed by atoms with Crippen molar-refractivity contribution < 1.29 is 17.6 Å². The lowest BCUT2D eigenvalue weighted by molar-refractivity contribution is -0.140. The summed E-state index contributed by atoms with van der Waals surface area (Å²) in [6, 6.07) is 1.68. The van der Waals surface area contributed by atoms with E-state index in [2.05, 4.69) is 5.10 Å². The third-order valence-corrected chi connectivity index (χ3v) is 3.18. The minimum Gasteiger partial charge on any atom is -0.319 e. The topological polar surface area (TPSA) is 43.8 Å². The smallest absolute Gasteiger partial charge is 0.319 e. The van der Waals surface area contributed by atoms with Crippen molar-refractivity contribution in [2.45, 2.75) is 12.2 Å². The van der Waals surface area contributed by atoms with Gasteiger partial charge in [-0.1, -0.05) is 17.7 Å². The van der Waals surface area contributed by atoms with Gasteiger partial charge in [-0.05, 0) is 17.7 Å². The molecule has 1 unspecified atom stereocenters. The fourth-order valence-corrected chi connectivity index (χ4v) is 2.16. The first-order chi connectivity index (χ1) is 9.21. The van der Waals surface area contributed by atoms with Crippen LogP contribution in [-0.2, 0) is 13.2 Å². The summed E-state index contributed by atoms with van der Waals surface area (Å²) >= 11 is 5.89. The van der Waals surface area contributed by atoms with Crippen LogP contribution in [0.15, 0.2) is 24.4 Å². The molecule has 0 amide bonds. The van der Waals surface area contributed by atoms with Crippen molar-refractivity contribution >= 4 is 11.6 Å². The van der Waals surface area contributed by atoms with Crippen LogP contribution >= 0.6 is 11.6 Å². The van der Waals surface area contributed by atoms with Crippen LogP contribution in [0.2, 0.25) is 5.02 Å². The number of hydrogen-bond donors (Lipinski definition) is 1. The highest BCUT2D eigenvalue weighted by atomic mass is 35.5. The normalized spacial score (nSPS) is 13.6. The highest BCUT2D eigenvalue weighted by Gasteiger charge is 2.34. The van der Waals surface area contributed by atoms with Crippen LogP contribution in [-0.4, -0.2) is 9.78 Å². The Morgan fingerprint density at radius 3 is 2.50 bits per heavy atom. The van der Waals surface area contributed by atoms with Crippen LogP contribution in [0, 0.1) is 5.82 Å². The van der Waals surface area contributed by atoms with Gasteiger partial charge in [-0.2, -0.15) is 18.3 Å². The number of rotatable bonds is 2. The molecule has 2 N–H and O–H groups in total. The zero-order chi connectivity index (χ0) is 15.1. The fourth-order valence-electron chi connectivity index (χ4n) is 1.88. The monoisotopic (exact) mass is 307 g/mol. The van der Waals surface area contributed by atoms with Crippen molar-refractivity contribution in [1.82, 2.24) is 9.78 Å². The first-order valence-corrected chi connectivity index (χ1v) is 5.89. The van der Waals surface area contributed by atoms with E-state index in [4.69, 9.17) is 17.3 Å². The molecule has 0 spiro atoms. The van der Waals surface area contributed by atoms with Crippen LogP contribution < -0.4 is 5.73 Å². The van der Waals surface area contributed by atoms with E-state index in [1.165, 1.54) is 16.9 Å². The van der Waals surface area contributed by atoms with Gasteiger partial charge in [-0.15, -0.1) is 0 Å². The van der Waals surface area contributed by atoms with Crippen molar-refractivity contribution in [3.63, 3.8) is 0 Å². The Bertz CT molecular complexity index is 617. The van der Waals surface area contributed by atoms with E-state index < -0.39 is 23.6 Å². The van der Waals surface area contributed by atoms with E-state index in [1.54, 1.807) is 7.05 Å². The Balaban J connectivity index is 2.49. The van der Waals surface area contributed by atoms with Crippen molar-refractivity contribution in [1.29, 1.82) is 0 Å². The molecule has 0 fully saturated rings. The Hall–Kier alpha value is -1.60. The van der Waals surface area contributed by atoms with Gasteiger partial charge in [0.2, 0.25) is 0 Å². The van der Waals surface area contributed by atoms with Crippen molar-refractivity contribution in [3.05, 3.63) is 52.1 Å². The molecule has 1 aromatic heterocycles. The molecule has 20 heavy (non-hydrogen) atoms. The standard InChI is InChI=1S/C12H10ClF4N3/c1-20-11(8(13)5-19-20)10(18)6-2-3-9(14)7(4-6)12(15,16)17/h2-5,10H,18H2,1H3. The molecule has 3 nitrogen and oxygen atoms in total. The van der Waals surface area contributed by atoms with E-state index in [0.717, 1.165) is 6.07 Å². The van der Waals surface area contributed by atoms with Crippen LogP contribution in [0.1, 0.15) is 22.9 Å². The predicted octanol–water partition coefficient (Wildman–Crippen LogP) is 3.28. The SMILES string of the molecule is Cn1ncc(Cl)c1C(N)c1ccc(F)c(C(F)(F)F)c1. The molecule has 1 heterocycles. The number of halogens is 5. The molecule has 1 atom stereocenters. The van der Waals surface area contributed by atoms with Gasteiger partial charge in [0, 0.05) is 7.05 Å². The van der Waals surface area contributed by atoms with E-state index in [1.807, 2.05) is 0 Å². The lowest BCUT2D eigenvalue weighted by Gasteiger charge is -2.16. The fraction of sp³-hybridized carbons (Fsp3) is 0.250. The number of hydrogen-bond acceptors (Lipinski definition) is 2. The third kappa shape index (κ3) is 2.64. The number of aryl methyl sites for hydroxylation is 1. The van der Waals surface area contributed by atoms with Crippen LogP contribution in [0.25, 0.3) is 0 Å². The van der Waals surface area contributed by atoms with Gasteiger partial charge in [0.05, 0.1) is 28.5 Å². The van der Waals surface area contributed by atoms with Gasteiger partial charge in [-0.25, -0.2) is 4.39 Å². The average molecular weight is 308 g/mol. The second kappa shape index (κ2) is 5.06. The van der Waals surface area contributed by atoms with Gasteiger partial charge >= 0.3 is 6.18 Å². The van der Waals surface area contributed by atoms with Crippen molar-refractivity contribution in [2.24, 2.45) is 12.8 Å². The first-order valence-electron chi connectivity index (χ1n) is 5.51. The number of benzene rings is 1. The second-order valence-corrected chi connectivity index (χ2v) is 4.62. The minimum absolute atomic E-state index is 0.101. The summed E-state index contributed by atoms with van der Waals surface area (Å²) in [6.07, 6.45) is -3.44. The molecule has 0 radical (unpaired) electrons. The number of aromatic nitrogens is 2. The number of alkyl halides is 3. The Kier molecular flexibility index (Phi) is 3.75. The molecule has 1 aromatic carbocycles. The largest absolute Gasteiger partial charge is 0.419 e. The molecular weight excluding hydrogens is 298 g/mol. The van der Waals surface area contributed by atoms with Crippen molar-refractivity contribution in [3.8, 4) is 0 Å². The lowest BCUT2D eigenvalue weighted by Crippen LogP contribution is -2.18. The van der Waals surface area contributed by atoms with Gasteiger partial charge in [0.1, 0.15) is 5.82 Å². The zero-order valence-corrected chi connectivity index (χ0v) is 11.0. The molecule has 108 valence electrons. The summed E-state index contributed by atoms with van der Waals surface area (Å²) in [5, 5.41) is 4.09. The molecule has 0 saturated heterocycles. The first kappa shape index (κ1) is 14.8. The molecule has 2 aromatic rings. The summed E-state index contributed by atoms with van der Waals surface area (Å²) in [4.78, 5) is 0. The molecule has 0 bridgehead atoms. The maximum Gasteiger partial charge on any atom is 0.419 e. The van der Waals surface area contributed by atoms with Crippen LogP contribution in [0.3, 0.4) is 0 Å². The molecule has 8 heteroatoms. The quantitative estimate of drug-likeness (QED) is 0.865.